The molecule has 1 rings (SSSR count). The van der Waals surface area contributed by atoms with Crippen LogP contribution >= 0.6 is 0 Å². The Bertz CT molecular complexity index is 409. The van der Waals surface area contributed by atoms with E-state index in [2.05, 4.69) is 5.43 Å². The number of halogens is 4. The van der Waals surface area contributed by atoms with Gasteiger partial charge in [-0.05, 0) is 24.6 Å². The van der Waals surface area contributed by atoms with E-state index in [1.165, 1.54) is 0 Å². The van der Waals surface area contributed by atoms with E-state index in [-0.39, 0.29) is 12.2 Å². The van der Waals surface area contributed by atoms with Gasteiger partial charge in [-0.25, -0.2) is 4.39 Å². The Labute approximate surface area is 108 Å². The van der Waals surface area contributed by atoms with Crippen LogP contribution in [0.3, 0.4) is 0 Å². The third-order valence-corrected chi connectivity index (χ3v) is 2.53. The molecule has 0 aliphatic carbocycles. The van der Waals surface area contributed by atoms with Crippen LogP contribution in [0.25, 0.3) is 0 Å². The van der Waals surface area contributed by atoms with Crippen molar-refractivity contribution in [2.75, 3.05) is 13.2 Å². The van der Waals surface area contributed by atoms with Crippen LogP contribution in [0, 0.1) is 5.82 Å². The quantitative estimate of drug-likeness (QED) is 0.364. The lowest BCUT2D eigenvalue weighted by Gasteiger charge is -2.18. The van der Waals surface area contributed by atoms with Gasteiger partial charge in [0.25, 0.3) is 0 Å². The van der Waals surface area contributed by atoms with Crippen LogP contribution in [0.5, 0.6) is 0 Å². The molecule has 3 nitrogen and oxygen atoms in total. The number of nitrogens with two attached hydrogens (primary N) is 1. The molecule has 0 fully saturated rings. The van der Waals surface area contributed by atoms with Crippen molar-refractivity contribution in [1.29, 1.82) is 0 Å². The van der Waals surface area contributed by atoms with Crippen molar-refractivity contribution in [1.82, 2.24) is 5.43 Å². The highest BCUT2D eigenvalue weighted by Crippen LogP contribution is 2.31. The first-order chi connectivity index (χ1) is 8.90. The van der Waals surface area contributed by atoms with Gasteiger partial charge in [0.2, 0.25) is 0 Å². The predicted molar refractivity (Wildman–Crippen MR) is 62.6 cm³/mol. The molecule has 0 saturated heterocycles. The molecule has 0 amide bonds. The van der Waals surface area contributed by atoms with Gasteiger partial charge in [-0.1, -0.05) is 6.92 Å². The molecule has 7 heteroatoms. The molecule has 0 aliphatic rings. The zero-order valence-electron chi connectivity index (χ0n) is 10.4. The molecule has 1 unspecified atom stereocenters. The first kappa shape index (κ1) is 15.9. The lowest BCUT2D eigenvalue weighted by atomic mass is 10.0. The zero-order valence-corrected chi connectivity index (χ0v) is 10.4. The second-order valence-corrected chi connectivity index (χ2v) is 4.03. The van der Waals surface area contributed by atoms with Gasteiger partial charge in [-0.2, -0.15) is 13.2 Å². The molecule has 3 N–H and O–H groups in total. The van der Waals surface area contributed by atoms with Crippen molar-refractivity contribution in [2.24, 2.45) is 5.84 Å². The van der Waals surface area contributed by atoms with Crippen molar-refractivity contribution in [3.63, 3.8) is 0 Å². The minimum atomic E-state index is -4.52. The van der Waals surface area contributed by atoms with E-state index in [9.17, 15) is 17.6 Å². The summed E-state index contributed by atoms with van der Waals surface area (Å²) in [5.41, 5.74) is 1.19. The summed E-state index contributed by atoms with van der Waals surface area (Å²) >= 11 is 0. The van der Waals surface area contributed by atoms with E-state index in [0.29, 0.717) is 12.7 Å². The fraction of sp³-hybridized carbons (Fsp3) is 0.500. The average molecular weight is 280 g/mol. The lowest BCUT2D eigenvalue weighted by molar-refractivity contribution is -0.137. The van der Waals surface area contributed by atoms with Gasteiger partial charge in [0.05, 0.1) is 18.2 Å². The standard InChI is InChI=1S/C12H16F4N2O/c1-2-5-19-7-11(18-17)9-6-8(12(14,15)16)3-4-10(9)13/h3-4,6,11,18H,2,5,7,17H2,1H3. The first-order valence-corrected chi connectivity index (χ1v) is 5.80. The smallest absolute Gasteiger partial charge is 0.379 e. The van der Waals surface area contributed by atoms with Crippen LogP contribution in [0.15, 0.2) is 18.2 Å². The molecule has 1 atom stereocenters. The van der Waals surface area contributed by atoms with E-state index in [1.54, 1.807) is 0 Å². The average Bonchev–Trinajstić information content (AvgIpc) is 2.34. The third kappa shape index (κ3) is 4.45. The minimum Gasteiger partial charge on any atom is -0.379 e. The second-order valence-electron chi connectivity index (χ2n) is 4.03. The van der Waals surface area contributed by atoms with Crippen molar-refractivity contribution in [3.8, 4) is 0 Å². The Morgan fingerprint density at radius 1 is 1.37 bits per heavy atom. The van der Waals surface area contributed by atoms with Crippen LogP contribution in [0.4, 0.5) is 17.6 Å². The number of nitrogens with one attached hydrogen (secondary N) is 1. The molecular formula is C12H16F4N2O. The summed E-state index contributed by atoms with van der Waals surface area (Å²) in [6.45, 7) is 2.32. The number of benzene rings is 1. The summed E-state index contributed by atoms with van der Waals surface area (Å²) in [6, 6.07) is 1.39. The Hall–Kier alpha value is -1.18. The summed E-state index contributed by atoms with van der Waals surface area (Å²) in [5.74, 6) is 4.48. The van der Waals surface area contributed by atoms with Gasteiger partial charge in [-0.15, -0.1) is 0 Å². The molecule has 1 aromatic carbocycles. The van der Waals surface area contributed by atoms with Gasteiger partial charge in [0.1, 0.15) is 5.82 Å². The molecule has 108 valence electrons. The van der Waals surface area contributed by atoms with Crippen LogP contribution in [0.2, 0.25) is 0 Å². The maximum atomic E-state index is 13.6. The molecule has 19 heavy (non-hydrogen) atoms. The number of rotatable bonds is 6. The molecular weight excluding hydrogens is 264 g/mol. The second kappa shape index (κ2) is 6.83. The Balaban J connectivity index is 2.95. The first-order valence-electron chi connectivity index (χ1n) is 5.80. The van der Waals surface area contributed by atoms with E-state index < -0.39 is 23.6 Å². The van der Waals surface area contributed by atoms with Crippen molar-refractivity contribution < 1.29 is 22.3 Å². The molecule has 0 saturated carbocycles. The summed E-state index contributed by atoms with van der Waals surface area (Å²) in [5, 5.41) is 0. The van der Waals surface area contributed by atoms with Gasteiger partial charge in [0, 0.05) is 12.2 Å². The monoisotopic (exact) mass is 280 g/mol. The molecule has 0 heterocycles. The summed E-state index contributed by atoms with van der Waals surface area (Å²) < 4.78 is 56.5. The van der Waals surface area contributed by atoms with E-state index in [0.717, 1.165) is 18.6 Å². The van der Waals surface area contributed by atoms with Crippen molar-refractivity contribution in [2.45, 2.75) is 25.6 Å². The summed E-state index contributed by atoms with van der Waals surface area (Å²) in [4.78, 5) is 0. The van der Waals surface area contributed by atoms with Crippen LogP contribution < -0.4 is 11.3 Å². The summed E-state index contributed by atoms with van der Waals surface area (Å²) in [7, 11) is 0. The molecule has 1 aromatic rings. The Kier molecular flexibility index (Phi) is 5.71. The SMILES string of the molecule is CCCOCC(NN)c1cc(C(F)(F)F)ccc1F. The molecule has 0 spiro atoms. The fourth-order valence-corrected chi connectivity index (χ4v) is 1.56. The van der Waals surface area contributed by atoms with Crippen LogP contribution in [0.1, 0.15) is 30.5 Å². The van der Waals surface area contributed by atoms with Gasteiger partial charge < -0.3 is 4.74 Å². The van der Waals surface area contributed by atoms with Gasteiger partial charge in [0.15, 0.2) is 0 Å². The van der Waals surface area contributed by atoms with E-state index >= 15 is 0 Å². The van der Waals surface area contributed by atoms with Gasteiger partial charge >= 0.3 is 6.18 Å². The number of hydrazine groups is 1. The van der Waals surface area contributed by atoms with E-state index in [1.807, 2.05) is 6.92 Å². The lowest BCUT2D eigenvalue weighted by Crippen LogP contribution is -2.32. The number of alkyl halides is 3. The maximum absolute atomic E-state index is 13.6. The van der Waals surface area contributed by atoms with Gasteiger partial charge in [-0.3, -0.25) is 11.3 Å². The fourth-order valence-electron chi connectivity index (χ4n) is 1.56. The van der Waals surface area contributed by atoms with Crippen molar-refractivity contribution in [3.05, 3.63) is 35.1 Å². The Morgan fingerprint density at radius 3 is 2.58 bits per heavy atom. The molecule has 0 aliphatic heterocycles. The van der Waals surface area contributed by atoms with E-state index in [4.69, 9.17) is 10.6 Å². The largest absolute Gasteiger partial charge is 0.416 e. The minimum absolute atomic E-state index is 0.00255. The molecule has 0 radical (unpaired) electrons. The van der Waals surface area contributed by atoms with Crippen LogP contribution in [-0.2, 0) is 10.9 Å². The number of hydrogen-bond acceptors (Lipinski definition) is 3. The highest BCUT2D eigenvalue weighted by atomic mass is 19.4. The highest BCUT2D eigenvalue weighted by molar-refractivity contribution is 5.29. The number of ether oxygens (including phenoxy) is 1. The summed E-state index contributed by atoms with van der Waals surface area (Å²) in [6.07, 6.45) is -3.77. The maximum Gasteiger partial charge on any atom is 0.416 e. The predicted octanol–water partition coefficient (Wildman–Crippen LogP) is 2.78. The number of hydrogen-bond donors (Lipinski definition) is 2. The van der Waals surface area contributed by atoms with Crippen LogP contribution in [-0.4, -0.2) is 13.2 Å². The highest BCUT2D eigenvalue weighted by Gasteiger charge is 2.32. The van der Waals surface area contributed by atoms with Crippen molar-refractivity contribution >= 4 is 0 Å². The normalized spacial score (nSPS) is 13.6. The third-order valence-electron chi connectivity index (χ3n) is 2.53. The zero-order chi connectivity index (χ0) is 14.5. The topological polar surface area (TPSA) is 47.3 Å². The Morgan fingerprint density at radius 2 is 2.05 bits per heavy atom. The molecule has 0 bridgehead atoms. The molecule has 0 aromatic heterocycles.